The zero-order chi connectivity index (χ0) is 12.3. The summed E-state index contributed by atoms with van der Waals surface area (Å²) in [5.74, 6) is -0.113. The minimum Gasteiger partial charge on any atom is -0.383 e. The molecule has 0 saturated carbocycles. The summed E-state index contributed by atoms with van der Waals surface area (Å²) in [7, 11) is 0. The Balaban J connectivity index is 2.41. The number of aromatic nitrogens is 2. The molecular weight excluding hydrogens is 222 g/mol. The van der Waals surface area contributed by atoms with E-state index in [1.165, 1.54) is 0 Å². The Morgan fingerprint density at radius 1 is 1.00 bits per heavy atom. The number of nitrogens with two attached hydrogens (primary N) is 1. The van der Waals surface area contributed by atoms with Crippen LogP contribution in [0.1, 0.15) is 0 Å². The zero-order valence-corrected chi connectivity index (χ0v) is 8.68. The van der Waals surface area contributed by atoms with E-state index < -0.39 is 11.2 Å². The zero-order valence-electron chi connectivity index (χ0n) is 8.68. The maximum Gasteiger partial charge on any atom is 0.327 e. The van der Waals surface area contributed by atoms with Crippen LogP contribution in [0.15, 0.2) is 50.1 Å². The van der Waals surface area contributed by atoms with E-state index in [2.05, 4.69) is 15.2 Å². The highest BCUT2D eigenvalue weighted by Crippen LogP contribution is 2.16. The number of nitrogen functional groups attached to an aromatic ring is 1. The van der Waals surface area contributed by atoms with Gasteiger partial charge in [0.15, 0.2) is 5.69 Å². The summed E-state index contributed by atoms with van der Waals surface area (Å²) in [5.41, 5.74) is 4.57. The molecule has 86 valence electrons. The van der Waals surface area contributed by atoms with E-state index in [9.17, 15) is 9.59 Å². The maximum atomic E-state index is 11.4. The largest absolute Gasteiger partial charge is 0.383 e. The van der Waals surface area contributed by atoms with Gasteiger partial charge in [-0.05, 0) is 12.1 Å². The summed E-state index contributed by atoms with van der Waals surface area (Å²) < 4.78 is 0. The van der Waals surface area contributed by atoms with Gasteiger partial charge in [0.1, 0.15) is 5.82 Å². The van der Waals surface area contributed by atoms with Crippen LogP contribution in [0, 0.1) is 0 Å². The number of aromatic amines is 2. The van der Waals surface area contributed by atoms with Crippen LogP contribution in [-0.2, 0) is 0 Å². The fourth-order valence-corrected chi connectivity index (χ4v) is 1.20. The van der Waals surface area contributed by atoms with Crippen molar-refractivity contribution in [2.75, 3.05) is 5.73 Å². The molecule has 1 aromatic heterocycles. The summed E-state index contributed by atoms with van der Waals surface area (Å²) >= 11 is 0. The molecule has 0 unspecified atom stereocenters. The number of nitrogens with zero attached hydrogens (tertiary/aromatic N) is 2. The first-order valence-electron chi connectivity index (χ1n) is 4.75. The van der Waals surface area contributed by atoms with Crippen molar-refractivity contribution >= 4 is 17.2 Å². The summed E-state index contributed by atoms with van der Waals surface area (Å²) in [4.78, 5) is 26.5. The molecule has 4 N–H and O–H groups in total. The van der Waals surface area contributed by atoms with Crippen LogP contribution in [0.3, 0.4) is 0 Å². The minimum atomic E-state index is -0.675. The highest BCUT2D eigenvalue weighted by Gasteiger charge is 2.04. The first-order valence-corrected chi connectivity index (χ1v) is 4.75. The second kappa shape index (κ2) is 4.44. The fourth-order valence-electron chi connectivity index (χ4n) is 1.20. The monoisotopic (exact) mass is 231 g/mol. The Bertz CT molecular complexity index is 656. The summed E-state index contributed by atoms with van der Waals surface area (Å²) in [5, 5.41) is 7.53. The Kier molecular flexibility index (Phi) is 2.82. The van der Waals surface area contributed by atoms with Gasteiger partial charge >= 0.3 is 5.69 Å². The number of nitrogens with one attached hydrogen (secondary N) is 2. The lowest BCUT2D eigenvalue weighted by molar-refractivity contribution is 1.03. The molecule has 0 spiro atoms. The molecule has 0 atom stereocenters. The van der Waals surface area contributed by atoms with E-state index in [4.69, 9.17) is 5.73 Å². The van der Waals surface area contributed by atoms with Crippen LogP contribution in [0.5, 0.6) is 0 Å². The predicted octanol–water partition coefficient (Wildman–Crippen LogP) is 1.06. The van der Waals surface area contributed by atoms with Gasteiger partial charge in [0.05, 0.1) is 5.69 Å². The van der Waals surface area contributed by atoms with E-state index in [1.807, 2.05) is 11.1 Å². The van der Waals surface area contributed by atoms with Gasteiger partial charge in [0, 0.05) is 0 Å². The molecule has 7 heteroatoms. The summed E-state index contributed by atoms with van der Waals surface area (Å²) in [6, 6.07) is 8.85. The number of anilines is 1. The number of rotatable bonds is 2. The second-order valence-electron chi connectivity index (χ2n) is 3.21. The van der Waals surface area contributed by atoms with Gasteiger partial charge in [-0.1, -0.05) is 18.2 Å². The van der Waals surface area contributed by atoms with Crippen molar-refractivity contribution in [3.8, 4) is 0 Å². The Labute approximate surface area is 95.0 Å². The molecule has 0 saturated heterocycles. The number of benzene rings is 1. The van der Waals surface area contributed by atoms with Crippen LogP contribution >= 0.6 is 0 Å². The SMILES string of the molecule is Nc1[nH]c(=O)[nH]c(=O)c1N=Nc1ccccc1. The molecule has 0 amide bonds. The smallest absolute Gasteiger partial charge is 0.327 e. The molecule has 0 aliphatic heterocycles. The highest BCUT2D eigenvalue weighted by atomic mass is 16.2. The molecule has 2 aromatic rings. The Morgan fingerprint density at radius 3 is 2.35 bits per heavy atom. The van der Waals surface area contributed by atoms with Gasteiger partial charge in [-0.15, -0.1) is 5.11 Å². The molecule has 17 heavy (non-hydrogen) atoms. The van der Waals surface area contributed by atoms with Crippen LogP contribution < -0.4 is 17.0 Å². The van der Waals surface area contributed by atoms with Crippen molar-refractivity contribution in [2.24, 2.45) is 10.2 Å². The van der Waals surface area contributed by atoms with E-state index in [-0.39, 0.29) is 11.5 Å². The molecule has 1 heterocycles. The van der Waals surface area contributed by atoms with Gasteiger partial charge in [-0.2, -0.15) is 5.11 Å². The van der Waals surface area contributed by atoms with Crippen LogP contribution in [0.2, 0.25) is 0 Å². The number of azo groups is 1. The highest BCUT2D eigenvalue weighted by molar-refractivity contribution is 5.54. The van der Waals surface area contributed by atoms with E-state index in [0.29, 0.717) is 5.69 Å². The average Bonchev–Trinajstić information content (AvgIpc) is 2.29. The predicted molar refractivity (Wildman–Crippen MR) is 62.7 cm³/mol. The molecule has 0 aliphatic carbocycles. The second-order valence-corrected chi connectivity index (χ2v) is 3.21. The van der Waals surface area contributed by atoms with Crippen molar-refractivity contribution in [3.05, 3.63) is 51.2 Å². The lowest BCUT2D eigenvalue weighted by atomic mass is 10.3. The van der Waals surface area contributed by atoms with Crippen molar-refractivity contribution in [3.63, 3.8) is 0 Å². The fraction of sp³-hybridized carbons (Fsp3) is 0. The first kappa shape index (κ1) is 10.8. The molecular formula is C10H9N5O2. The molecule has 2 rings (SSSR count). The van der Waals surface area contributed by atoms with Crippen molar-refractivity contribution in [1.29, 1.82) is 0 Å². The van der Waals surface area contributed by atoms with E-state index >= 15 is 0 Å². The number of hydrogen-bond acceptors (Lipinski definition) is 5. The van der Waals surface area contributed by atoms with Gasteiger partial charge in [0.2, 0.25) is 0 Å². The molecule has 7 nitrogen and oxygen atoms in total. The van der Waals surface area contributed by atoms with Gasteiger partial charge in [0.25, 0.3) is 5.56 Å². The van der Waals surface area contributed by atoms with Gasteiger partial charge < -0.3 is 5.73 Å². The number of H-pyrrole nitrogens is 2. The average molecular weight is 231 g/mol. The van der Waals surface area contributed by atoms with Crippen molar-refractivity contribution < 1.29 is 0 Å². The lowest BCUT2D eigenvalue weighted by Gasteiger charge is -1.96. The molecule has 0 aliphatic rings. The third kappa shape index (κ3) is 2.46. The van der Waals surface area contributed by atoms with Crippen LogP contribution in [-0.4, -0.2) is 9.97 Å². The standard InChI is InChI=1S/C10H9N5O2/c11-8-7(9(16)13-10(17)12-8)15-14-6-4-2-1-3-5-6/h1-5H,(H4,11,12,13,16,17). The normalized spacial score (nSPS) is 10.8. The van der Waals surface area contributed by atoms with E-state index in [0.717, 1.165) is 0 Å². The van der Waals surface area contributed by atoms with E-state index in [1.54, 1.807) is 24.3 Å². The van der Waals surface area contributed by atoms with Gasteiger partial charge in [-0.25, -0.2) is 4.79 Å². The van der Waals surface area contributed by atoms with Gasteiger partial charge in [-0.3, -0.25) is 14.8 Å². The van der Waals surface area contributed by atoms with Crippen LogP contribution in [0.25, 0.3) is 0 Å². The summed E-state index contributed by atoms with van der Waals surface area (Å²) in [6.07, 6.45) is 0. The van der Waals surface area contributed by atoms with Crippen molar-refractivity contribution in [1.82, 2.24) is 9.97 Å². The van der Waals surface area contributed by atoms with Crippen molar-refractivity contribution in [2.45, 2.75) is 0 Å². The first-order chi connectivity index (χ1) is 8.16. The Hall–Kier alpha value is -2.70. The third-order valence-electron chi connectivity index (χ3n) is 1.97. The lowest BCUT2D eigenvalue weighted by Crippen LogP contribution is -2.23. The maximum absolute atomic E-state index is 11.4. The third-order valence-corrected chi connectivity index (χ3v) is 1.97. The van der Waals surface area contributed by atoms with Crippen LogP contribution in [0.4, 0.5) is 17.2 Å². The molecule has 0 radical (unpaired) electrons. The molecule has 0 fully saturated rings. The quantitative estimate of drug-likeness (QED) is 0.671. The Morgan fingerprint density at radius 2 is 1.71 bits per heavy atom. The topological polar surface area (TPSA) is 116 Å². The molecule has 1 aromatic carbocycles. The number of hydrogen-bond donors (Lipinski definition) is 3. The molecule has 0 bridgehead atoms. The summed E-state index contributed by atoms with van der Waals surface area (Å²) in [6.45, 7) is 0. The minimum absolute atomic E-state index is 0.113.